The van der Waals surface area contributed by atoms with Gasteiger partial charge < -0.3 is 5.11 Å². The van der Waals surface area contributed by atoms with E-state index < -0.39 is 19.2 Å². The molecular weight excluding hydrogens is 363 g/mol. The minimum Gasteiger partial charge on any atom is -0.386 e. The van der Waals surface area contributed by atoms with E-state index in [1.165, 1.54) is 0 Å². The third-order valence-corrected chi connectivity index (χ3v) is 7.21. The highest BCUT2D eigenvalue weighted by molar-refractivity contribution is 14.1. The van der Waals surface area contributed by atoms with Crippen molar-refractivity contribution >= 4 is 44.0 Å². The number of hydrogen-bond acceptors (Lipinski definition) is 3. The molecule has 0 amide bonds. The van der Waals surface area contributed by atoms with E-state index in [1.54, 1.807) is 53.8 Å². The fourth-order valence-electron chi connectivity index (χ4n) is 1.17. The molecule has 0 aliphatic carbocycles. The van der Waals surface area contributed by atoms with Crippen molar-refractivity contribution in [3.05, 3.63) is 34.9 Å². The number of aliphatic hydroxyl groups is 1. The van der Waals surface area contributed by atoms with E-state index in [0.717, 1.165) is 0 Å². The molecular formula is C10H12ClIO3S. The summed E-state index contributed by atoms with van der Waals surface area (Å²) in [6.07, 6.45) is -1.03. The normalized spacial score (nSPS) is 15.8. The second-order valence-corrected chi connectivity index (χ2v) is 8.33. The smallest absolute Gasteiger partial charge is 0.164 e. The second kappa shape index (κ2) is 5.66. The van der Waals surface area contributed by atoms with Gasteiger partial charge in [-0.25, -0.2) is 8.42 Å². The number of benzene rings is 1. The molecule has 0 saturated carbocycles. The van der Waals surface area contributed by atoms with Crippen LogP contribution in [0.15, 0.2) is 24.3 Å². The van der Waals surface area contributed by atoms with E-state index in [9.17, 15) is 13.5 Å². The van der Waals surface area contributed by atoms with E-state index in [2.05, 4.69) is 0 Å². The van der Waals surface area contributed by atoms with Crippen LogP contribution in [0.4, 0.5) is 0 Å². The molecule has 0 aromatic heterocycles. The summed E-state index contributed by atoms with van der Waals surface area (Å²) >= 11 is 7.46. The van der Waals surface area contributed by atoms with Crippen LogP contribution < -0.4 is 0 Å². The topological polar surface area (TPSA) is 54.4 Å². The van der Waals surface area contributed by atoms with Crippen LogP contribution in [0.25, 0.3) is 0 Å². The van der Waals surface area contributed by atoms with Crippen molar-refractivity contribution < 1.29 is 13.5 Å². The fourth-order valence-corrected chi connectivity index (χ4v) is 3.66. The molecule has 0 bridgehead atoms. The number of rotatable bonds is 4. The van der Waals surface area contributed by atoms with Gasteiger partial charge in [-0.15, -0.1) is 0 Å². The summed E-state index contributed by atoms with van der Waals surface area (Å²) in [7, 11) is -3.25. The Balaban J connectivity index is 2.94. The first-order valence-corrected chi connectivity index (χ1v) is 8.01. The maximum atomic E-state index is 11.6. The number of alkyl halides is 1. The number of halogens is 2. The van der Waals surface area contributed by atoms with Crippen LogP contribution in [0.2, 0.25) is 5.02 Å². The third kappa shape index (κ3) is 3.32. The van der Waals surface area contributed by atoms with Gasteiger partial charge in [0.1, 0.15) is 9.36 Å². The first-order valence-electron chi connectivity index (χ1n) is 4.67. The van der Waals surface area contributed by atoms with Crippen molar-refractivity contribution in [1.29, 1.82) is 0 Å². The molecule has 1 N–H and O–H groups in total. The Labute approximate surface area is 114 Å². The van der Waals surface area contributed by atoms with Gasteiger partial charge >= 0.3 is 0 Å². The van der Waals surface area contributed by atoms with Gasteiger partial charge in [0.25, 0.3) is 0 Å². The first-order chi connectivity index (χ1) is 7.38. The summed E-state index contributed by atoms with van der Waals surface area (Å²) in [4.78, 5) is 0. The summed E-state index contributed by atoms with van der Waals surface area (Å²) in [6.45, 7) is 1.57. The highest BCUT2D eigenvalue weighted by Crippen LogP contribution is 2.28. The monoisotopic (exact) mass is 374 g/mol. The molecule has 2 unspecified atom stereocenters. The second-order valence-electron chi connectivity index (χ2n) is 3.30. The van der Waals surface area contributed by atoms with Gasteiger partial charge in [-0.1, -0.05) is 53.2 Å². The maximum absolute atomic E-state index is 11.6. The zero-order chi connectivity index (χ0) is 12.3. The molecule has 0 fully saturated rings. The van der Waals surface area contributed by atoms with Crippen molar-refractivity contribution in [3.8, 4) is 0 Å². The predicted octanol–water partition coefficient (Wildman–Crippen LogP) is 2.57. The van der Waals surface area contributed by atoms with E-state index >= 15 is 0 Å². The van der Waals surface area contributed by atoms with Gasteiger partial charge in [0.05, 0.1) is 0 Å². The first kappa shape index (κ1) is 14.2. The molecule has 1 aromatic rings. The van der Waals surface area contributed by atoms with E-state index in [0.29, 0.717) is 10.6 Å². The van der Waals surface area contributed by atoms with Gasteiger partial charge in [-0.2, -0.15) is 0 Å². The van der Waals surface area contributed by atoms with Crippen LogP contribution >= 0.6 is 34.2 Å². The van der Waals surface area contributed by atoms with Crippen LogP contribution in [0, 0.1) is 0 Å². The van der Waals surface area contributed by atoms with Crippen molar-refractivity contribution in [3.63, 3.8) is 0 Å². The molecule has 2 atom stereocenters. The average Bonchev–Trinajstić information content (AvgIpc) is 2.28. The summed E-state index contributed by atoms with van der Waals surface area (Å²) in [5.74, 6) is 0.0191. The van der Waals surface area contributed by atoms with E-state index in [4.69, 9.17) is 11.6 Å². The Morgan fingerprint density at radius 1 is 1.38 bits per heavy atom. The predicted molar refractivity (Wildman–Crippen MR) is 73.7 cm³/mol. The summed E-state index contributed by atoms with van der Waals surface area (Å²) < 4.78 is 22.3. The minimum absolute atomic E-state index is 0.0191. The van der Waals surface area contributed by atoms with Crippen LogP contribution in [0.5, 0.6) is 0 Å². The van der Waals surface area contributed by atoms with Crippen LogP contribution in [-0.4, -0.2) is 22.5 Å². The van der Waals surface area contributed by atoms with Gasteiger partial charge in [0, 0.05) is 10.8 Å². The summed E-state index contributed by atoms with van der Waals surface area (Å²) in [5.41, 5.74) is 0.556. The van der Waals surface area contributed by atoms with Gasteiger partial charge in [0.2, 0.25) is 0 Å². The lowest BCUT2D eigenvalue weighted by atomic mass is 10.1. The molecule has 0 radical (unpaired) electrons. The molecule has 0 saturated heterocycles. The van der Waals surface area contributed by atoms with Crippen LogP contribution in [0.3, 0.4) is 0 Å². The van der Waals surface area contributed by atoms with Crippen LogP contribution in [-0.2, 0) is 9.84 Å². The molecule has 90 valence electrons. The maximum Gasteiger partial charge on any atom is 0.164 e. The van der Waals surface area contributed by atoms with Crippen LogP contribution in [0.1, 0.15) is 18.6 Å². The van der Waals surface area contributed by atoms with Crippen molar-refractivity contribution in [1.82, 2.24) is 0 Å². The molecule has 6 heteroatoms. The Kier molecular flexibility index (Phi) is 5.03. The van der Waals surface area contributed by atoms with Gasteiger partial charge in [-0.3, -0.25) is 0 Å². The standard InChI is InChI=1S/C10H12ClIO3S/c1-2-16(14,15)10(12)9(13)7-3-5-8(11)6-4-7/h3-6,9-10,13H,2H2,1H3. The third-order valence-electron chi connectivity index (χ3n) is 2.21. The Hall–Kier alpha value is 0.150. The van der Waals surface area contributed by atoms with Crippen molar-refractivity contribution in [2.75, 3.05) is 5.75 Å². The van der Waals surface area contributed by atoms with Gasteiger partial charge in [-0.05, 0) is 17.7 Å². The molecule has 0 aliphatic rings. The highest BCUT2D eigenvalue weighted by atomic mass is 127. The lowest BCUT2D eigenvalue weighted by Gasteiger charge is -2.17. The van der Waals surface area contributed by atoms with E-state index in [-0.39, 0.29) is 5.75 Å². The quantitative estimate of drug-likeness (QED) is 0.651. The molecule has 0 spiro atoms. The highest BCUT2D eigenvalue weighted by Gasteiger charge is 2.29. The molecule has 1 rings (SSSR count). The van der Waals surface area contributed by atoms with Crippen molar-refractivity contribution in [2.45, 2.75) is 16.3 Å². The lowest BCUT2D eigenvalue weighted by Crippen LogP contribution is -2.24. The fraction of sp³-hybridized carbons (Fsp3) is 0.400. The minimum atomic E-state index is -3.25. The van der Waals surface area contributed by atoms with E-state index in [1.807, 2.05) is 0 Å². The molecule has 0 heterocycles. The molecule has 1 aromatic carbocycles. The SMILES string of the molecule is CCS(=O)(=O)C(I)C(O)c1ccc(Cl)cc1. The lowest BCUT2D eigenvalue weighted by molar-refractivity contribution is 0.197. The Morgan fingerprint density at radius 2 is 1.88 bits per heavy atom. The zero-order valence-electron chi connectivity index (χ0n) is 8.60. The zero-order valence-corrected chi connectivity index (χ0v) is 12.3. The number of hydrogen-bond donors (Lipinski definition) is 1. The summed E-state index contributed by atoms with van der Waals surface area (Å²) in [5, 5.41) is 10.5. The van der Waals surface area contributed by atoms with Gasteiger partial charge in [0.15, 0.2) is 9.84 Å². The molecule has 3 nitrogen and oxygen atoms in total. The largest absolute Gasteiger partial charge is 0.386 e. The Morgan fingerprint density at radius 3 is 2.31 bits per heavy atom. The number of aliphatic hydroxyl groups excluding tert-OH is 1. The molecule has 0 aliphatic heterocycles. The average molecular weight is 375 g/mol. The molecule has 16 heavy (non-hydrogen) atoms. The van der Waals surface area contributed by atoms with Crippen molar-refractivity contribution in [2.24, 2.45) is 0 Å². The number of sulfone groups is 1. The summed E-state index contributed by atoms with van der Waals surface area (Å²) in [6, 6.07) is 6.51. The Bertz CT molecular complexity index is 444.